The molecule has 3 heteroatoms. The van der Waals surface area contributed by atoms with Crippen molar-refractivity contribution in [2.24, 2.45) is 28.6 Å². The lowest BCUT2D eigenvalue weighted by molar-refractivity contribution is -0.0803. The molecule has 4 rings (SSSR count). The summed E-state index contributed by atoms with van der Waals surface area (Å²) in [5, 5.41) is 20.7. The Labute approximate surface area is 132 Å². The summed E-state index contributed by atoms with van der Waals surface area (Å²) in [5.41, 5.74) is 1.19. The van der Waals surface area contributed by atoms with Crippen molar-refractivity contribution in [3.8, 4) is 0 Å². The van der Waals surface area contributed by atoms with Crippen molar-refractivity contribution in [1.29, 1.82) is 0 Å². The maximum absolute atomic E-state index is 14.2. The molecule has 0 aromatic heterocycles. The Morgan fingerprint density at radius 1 is 1.09 bits per heavy atom. The summed E-state index contributed by atoms with van der Waals surface area (Å²) in [6.07, 6.45) is 5.86. The molecule has 2 nitrogen and oxygen atoms in total. The second-order valence-corrected chi connectivity index (χ2v) is 8.85. The van der Waals surface area contributed by atoms with Crippen molar-refractivity contribution in [3.63, 3.8) is 0 Å². The molecule has 7 atom stereocenters. The van der Waals surface area contributed by atoms with Crippen LogP contribution in [-0.4, -0.2) is 22.5 Å². The predicted molar refractivity (Wildman–Crippen MR) is 84.2 cm³/mol. The van der Waals surface area contributed by atoms with Gasteiger partial charge in [0.1, 0.15) is 6.17 Å². The molecule has 0 amide bonds. The van der Waals surface area contributed by atoms with Gasteiger partial charge < -0.3 is 10.2 Å². The van der Waals surface area contributed by atoms with Crippen LogP contribution in [0.5, 0.6) is 0 Å². The molecule has 2 N–H and O–H groups in total. The van der Waals surface area contributed by atoms with E-state index in [4.69, 9.17) is 0 Å². The molecule has 3 fully saturated rings. The van der Waals surface area contributed by atoms with E-state index in [1.807, 2.05) is 0 Å². The number of hydrogen-bond acceptors (Lipinski definition) is 2. The standard InChI is InChI=1S/C19H29FO2/c1-18-8-3-4-16(21)13(18)6-5-11-12(18)7-9-19(2)14(11)10-15(20)17(19)22/h11-12,14-15,17,21-22H,3-10H2,1-2H3/t11-,12+,14+,15-,17?,18-,19+/m1/s1. The number of halogens is 1. The van der Waals surface area contributed by atoms with Crippen molar-refractivity contribution in [1.82, 2.24) is 0 Å². The van der Waals surface area contributed by atoms with Crippen LogP contribution < -0.4 is 0 Å². The Morgan fingerprint density at radius 3 is 2.64 bits per heavy atom. The molecule has 0 aliphatic heterocycles. The Morgan fingerprint density at radius 2 is 1.86 bits per heavy atom. The lowest BCUT2D eigenvalue weighted by Gasteiger charge is -2.57. The van der Waals surface area contributed by atoms with E-state index in [1.54, 1.807) is 0 Å². The van der Waals surface area contributed by atoms with Gasteiger partial charge in [-0.15, -0.1) is 0 Å². The summed E-state index contributed by atoms with van der Waals surface area (Å²) in [4.78, 5) is 0. The third kappa shape index (κ3) is 1.75. The predicted octanol–water partition coefficient (Wildman–Crippen LogP) is 4.53. The number of alkyl halides is 1. The highest BCUT2D eigenvalue weighted by molar-refractivity contribution is 5.26. The van der Waals surface area contributed by atoms with Crippen molar-refractivity contribution >= 4 is 0 Å². The quantitative estimate of drug-likeness (QED) is 0.690. The molecule has 0 heterocycles. The van der Waals surface area contributed by atoms with Gasteiger partial charge in [0, 0.05) is 6.42 Å². The second kappa shape index (κ2) is 4.72. The zero-order chi connectivity index (χ0) is 15.7. The first kappa shape index (κ1) is 15.0. The van der Waals surface area contributed by atoms with Gasteiger partial charge in [0.25, 0.3) is 0 Å². The summed E-state index contributed by atoms with van der Waals surface area (Å²) < 4.78 is 14.2. The normalized spacial score (nSPS) is 54.6. The van der Waals surface area contributed by atoms with Crippen molar-refractivity contribution in [3.05, 3.63) is 11.3 Å². The monoisotopic (exact) mass is 308 g/mol. The molecule has 0 saturated heterocycles. The van der Waals surface area contributed by atoms with Gasteiger partial charge in [-0.2, -0.15) is 0 Å². The Balaban J connectivity index is 1.70. The van der Waals surface area contributed by atoms with E-state index >= 15 is 0 Å². The molecule has 0 spiro atoms. The molecule has 1 unspecified atom stereocenters. The molecule has 22 heavy (non-hydrogen) atoms. The van der Waals surface area contributed by atoms with E-state index in [-0.39, 0.29) is 10.8 Å². The third-order valence-electron chi connectivity index (χ3n) is 8.07. The number of rotatable bonds is 0. The lowest BCUT2D eigenvalue weighted by atomic mass is 9.47. The van der Waals surface area contributed by atoms with Gasteiger partial charge >= 0.3 is 0 Å². The maximum atomic E-state index is 14.2. The van der Waals surface area contributed by atoms with Crippen LogP contribution in [0.4, 0.5) is 4.39 Å². The van der Waals surface area contributed by atoms with E-state index in [2.05, 4.69) is 13.8 Å². The highest BCUT2D eigenvalue weighted by Crippen LogP contribution is 2.66. The molecule has 4 aliphatic rings. The first-order valence-corrected chi connectivity index (χ1v) is 9.11. The number of allylic oxidation sites excluding steroid dienone is 2. The van der Waals surface area contributed by atoms with Crippen LogP contribution in [0.15, 0.2) is 11.3 Å². The van der Waals surface area contributed by atoms with Crippen molar-refractivity contribution in [2.45, 2.75) is 77.5 Å². The minimum absolute atomic E-state index is 0.117. The first-order chi connectivity index (χ1) is 10.4. The SMILES string of the molecule is C[C@]12CCCC(O)=C1CC[C@@H]1[C@@H]2CC[C@]2(C)C(O)[C@H](F)C[C@@H]12. The van der Waals surface area contributed by atoms with Gasteiger partial charge in [-0.25, -0.2) is 4.39 Å². The average molecular weight is 308 g/mol. The number of fused-ring (bicyclic) bond motifs is 5. The summed E-state index contributed by atoms with van der Waals surface area (Å²) in [6, 6.07) is 0. The van der Waals surface area contributed by atoms with Crippen LogP contribution >= 0.6 is 0 Å². The largest absolute Gasteiger partial charge is 0.512 e. The van der Waals surface area contributed by atoms with Crippen molar-refractivity contribution in [2.75, 3.05) is 0 Å². The zero-order valence-corrected chi connectivity index (χ0v) is 13.8. The number of hydrogen-bond donors (Lipinski definition) is 2. The van der Waals surface area contributed by atoms with E-state index < -0.39 is 12.3 Å². The summed E-state index contributed by atoms with van der Waals surface area (Å²) in [5.74, 6) is 2.05. The Kier molecular flexibility index (Phi) is 3.21. The summed E-state index contributed by atoms with van der Waals surface area (Å²) in [6.45, 7) is 4.46. The highest BCUT2D eigenvalue weighted by atomic mass is 19.1. The molecule has 0 radical (unpaired) electrons. The van der Waals surface area contributed by atoms with Crippen LogP contribution in [-0.2, 0) is 0 Å². The molecule has 3 saturated carbocycles. The van der Waals surface area contributed by atoms with Gasteiger partial charge in [-0.05, 0) is 79.1 Å². The molecule has 124 valence electrons. The van der Waals surface area contributed by atoms with Crippen molar-refractivity contribution < 1.29 is 14.6 Å². The van der Waals surface area contributed by atoms with E-state index in [1.165, 1.54) is 12.0 Å². The van der Waals surface area contributed by atoms with Crippen LogP contribution in [0.3, 0.4) is 0 Å². The van der Waals surface area contributed by atoms with Gasteiger partial charge in [0.15, 0.2) is 0 Å². The molecule has 0 aromatic rings. The number of aliphatic hydroxyl groups is 2. The van der Waals surface area contributed by atoms with Crippen LogP contribution in [0.2, 0.25) is 0 Å². The van der Waals surface area contributed by atoms with Crippen LogP contribution in [0.1, 0.15) is 65.2 Å². The van der Waals surface area contributed by atoms with Crippen LogP contribution in [0, 0.1) is 28.6 Å². The summed E-state index contributed by atoms with van der Waals surface area (Å²) in [7, 11) is 0. The van der Waals surface area contributed by atoms with Crippen LogP contribution in [0.25, 0.3) is 0 Å². The van der Waals surface area contributed by atoms with Gasteiger partial charge in [-0.1, -0.05) is 13.8 Å². The third-order valence-corrected chi connectivity index (χ3v) is 8.07. The smallest absolute Gasteiger partial charge is 0.127 e. The summed E-state index contributed by atoms with van der Waals surface area (Å²) >= 11 is 0. The van der Waals surface area contributed by atoms with Gasteiger partial charge in [0.05, 0.1) is 11.9 Å². The average Bonchev–Trinajstić information content (AvgIpc) is 2.71. The lowest BCUT2D eigenvalue weighted by Crippen LogP contribution is -2.51. The fraction of sp³-hybridized carbons (Fsp3) is 0.895. The van der Waals surface area contributed by atoms with E-state index in [0.29, 0.717) is 29.9 Å². The minimum atomic E-state index is -1.04. The fourth-order valence-corrected chi connectivity index (χ4v) is 6.83. The topological polar surface area (TPSA) is 40.5 Å². The van der Waals surface area contributed by atoms with Gasteiger partial charge in [0.2, 0.25) is 0 Å². The first-order valence-electron chi connectivity index (χ1n) is 9.11. The van der Waals surface area contributed by atoms with Gasteiger partial charge in [-0.3, -0.25) is 0 Å². The molecule has 4 aliphatic carbocycles. The second-order valence-electron chi connectivity index (χ2n) is 8.85. The van der Waals surface area contributed by atoms with E-state index in [0.717, 1.165) is 38.5 Å². The maximum Gasteiger partial charge on any atom is 0.127 e. The Hall–Kier alpha value is -0.570. The Bertz CT molecular complexity index is 516. The molecule has 0 aromatic carbocycles. The van der Waals surface area contributed by atoms with E-state index in [9.17, 15) is 14.6 Å². The molecular weight excluding hydrogens is 279 g/mol. The fourth-order valence-electron chi connectivity index (χ4n) is 6.83. The molecular formula is C19H29FO2. The zero-order valence-electron chi connectivity index (χ0n) is 13.8. The molecule has 0 bridgehead atoms. The minimum Gasteiger partial charge on any atom is -0.512 e. The number of aliphatic hydroxyl groups excluding tert-OH is 2. The highest BCUT2D eigenvalue weighted by Gasteiger charge is 2.61.